The Kier molecular flexibility index (Phi) is 5.93. The summed E-state index contributed by atoms with van der Waals surface area (Å²) in [6.07, 6.45) is 3.61. The van der Waals surface area contributed by atoms with Crippen LogP contribution in [0.25, 0.3) is 11.3 Å². The van der Waals surface area contributed by atoms with E-state index >= 15 is 0 Å². The Hall–Kier alpha value is -3.35. The molecule has 0 saturated heterocycles. The molecule has 0 aliphatic rings. The van der Waals surface area contributed by atoms with Gasteiger partial charge in [-0.15, -0.1) is 5.10 Å². The van der Waals surface area contributed by atoms with Crippen LogP contribution in [0.1, 0.15) is 59.1 Å². The first-order valence-corrected chi connectivity index (χ1v) is 9.28. The van der Waals surface area contributed by atoms with Crippen molar-refractivity contribution in [3.05, 3.63) is 65.4 Å². The topological polar surface area (TPSA) is 98.0 Å². The largest absolute Gasteiger partial charge is 0.478 e. The third-order valence-electron chi connectivity index (χ3n) is 4.39. The lowest BCUT2D eigenvalue weighted by Crippen LogP contribution is -2.07. The molecule has 2 heterocycles. The van der Waals surface area contributed by atoms with E-state index in [9.17, 15) is 14.7 Å². The molecule has 3 aromatic rings. The highest BCUT2D eigenvalue weighted by atomic mass is 16.4. The van der Waals surface area contributed by atoms with Crippen LogP contribution >= 0.6 is 0 Å². The van der Waals surface area contributed by atoms with Crippen LogP contribution in [-0.4, -0.2) is 36.6 Å². The molecule has 1 N–H and O–H groups in total. The van der Waals surface area contributed by atoms with Crippen LogP contribution < -0.4 is 0 Å². The quantitative estimate of drug-likeness (QED) is 0.601. The van der Waals surface area contributed by atoms with Crippen LogP contribution in [-0.2, 0) is 13.0 Å². The Balaban J connectivity index is 1.86. The van der Waals surface area contributed by atoms with Crippen molar-refractivity contribution >= 4 is 11.8 Å². The molecule has 0 fully saturated rings. The standard InChI is InChI=1S/C21H22N4O3/c1-3-6-18-23-20(17(26)4-2)24-25(18)13-14-8-10-15(11-9-14)19-16(21(27)28)7-5-12-22-19/h5,7-12H,3-4,6,13H2,1-2H3,(H,27,28). The van der Waals surface area contributed by atoms with Crippen molar-refractivity contribution < 1.29 is 14.7 Å². The molecule has 144 valence electrons. The highest BCUT2D eigenvalue weighted by molar-refractivity contribution is 5.94. The number of hydrogen-bond acceptors (Lipinski definition) is 5. The van der Waals surface area contributed by atoms with Crippen molar-refractivity contribution in [2.24, 2.45) is 0 Å². The summed E-state index contributed by atoms with van der Waals surface area (Å²) in [5.74, 6) is -0.0154. The maximum absolute atomic E-state index is 11.9. The fourth-order valence-electron chi connectivity index (χ4n) is 2.93. The average Bonchev–Trinajstić information content (AvgIpc) is 3.10. The van der Waals surface area contributed by atoms with Crippen molar-refractivity contribution in [3.8, 4) is 11.3 Å². The number of aromatic nitrogens is 4. The Morgan fingerprint density at radius 2 is 1.86 bits per heavy atom. The van der Waals surface area contributed by atoms with Crippen LogP contribution in [0.5, 0.6) is 0 Å². The van der Waals surface area contributed by atoms with Gasteiger partial charge in [-0.25, -0.2) is 14.5 Å². The monoisotopic (exact) mass is 378 g/mol. The molecule has 0 saturated carbocycles. The maximum atomic E-state index is 11.9. The van der Waals surface area contributed by atoms with Gasteiger partial charge in [0, 0.05) is 24.6 Å². The number of ketones is 1. The summed E-state index contributed by atoms with van der Waals surface area (Å²) >= 11 is 0. The molecule has 0 amide bonds. The molecule has 0 radical (unpaired) electrons. The summed E-state index contributed by atoms with van der Waals surface area (Å²) in [5.41, 5.74) is 2.31. The van der Waals surface area contributed by atoms with Gasteiger partial charge in [-0.1, -0.05) is 38.1 Å². The van der Waals surface area contributed by atoms with Crippen molar-refractivity contribution in [1.29, 1.82) is 0 Å². The summed E-state index contributed by atoms with van der Waals surface area (Å²) in [6, 6.07) is 10.7. The zero-order chi connectivity index (χ0) is 20.1. The molecule has 0 unspecified atom stereocenters. The van der Waals surface area contributed by atoms with Gasteiger partial charge in [-0.05, 0) is 24.1 Å². The van der Waals surface area contributed by atoms with Crippen molar-refractivity contribution in [2.75, 3.05) is 0 Å². The molecule has 0 aliphatic heterocycles. The Morgan fingerprint density at radius 3 is 2.50 bits per heavy atom. The molecule has 1 aromatic carbocycles. The molecule has 7 heteroatoms. The molecule has 0 bridgehead atoms. The highest BCUT2D eigenvalue weighted by Crippen LogP contribution is 2.22. The van der Waals surface area contributed by atoms with Crippen molar-refractivity contribution in [1.82, 2.24) is 19.7 Å². The molecule has 7 nitrogen and oxygen atoms in total. The van der Waals surface area contributed by atoms with Crippen LogP contribution in [0, 0.1) is 0 Å². The number of carboxylic acid groups (broad SMARTS) is 1. The number of aryl methyl sites for hydroxylation is 1. The Morgan fingerprint density at radius 1 is 1.11 bits per heavy atom. The molecular formula is C21H22N4O3. The zero-order valence-corrected chi connectivity index (χ0v) is 15.9. The fraction of sp³-hybridized carbons (Fsp3) is 0.286. The van der Waals surface area contributed by atoms with Gasteiger partial charge in [0.1, 0.15) is 5.82 Å². The van der Waals surface area contributed by atoms with Crippen LogP contribution in [0.3, 0.4) is 0 Å². The number of carbonyl (C=O) groups excluding carboxylic acids is 1. The smallest absolute Gasteiger partial charge is 0.337 e. The molecular weight excluding hydrogens is 356 g/mol. The van der Waals surface area contributed by atoms with Gasteiger partial charge in [0.25, 0.3) is 0 Å². The number of carbonyl (C=O) groups is 2. The number of benzene rings is 1. The third kappa shape index (κ3) is 4.14. The number of Topliss-reactive ketones (excluding diaryl/α,β-unsaturated/α-hetero) is 1. The highest BCUT2D eigenvalue weighted by Gasteiger charge is 2.15. The first-order valence-electron chi connectivity index (χ1n) is 9.28. The van der Waals surface area contributed by atoms with Crippen LogP contribution in [0.15, 0.2) is 42.6 Å². The molecule has 0 spiro atoms. The minimum atomic E-state index is -1.01. The van der Waals surface area contributed by atoms with Gasteiger partial charge in [0.05, 0.1) is 17.8 Å². The fourth-order valence-corrected chi connectivity index (χ4v) is 2.93. The van der Waals surface area contributed by atoms with E-state index in [0.717, 1.165) is 29.8 Å². The lowest BCUT2D eigenvalue weighted by atomic mass is 10.0. The van der Waals surface area contributed by atoms with Gasteiger partial charge in [-0.3, -0.25) is 9.78 Å². The van der Waals surface area contributed by atoms with Gasteiger partial charge >= 0.3 is 5.97 Å². The SMILES string of the molecule is CCCc1nc(C(=O)CC)nn1Cc1ccc(-c2ncccc2C(=O)O)cc1. The van der Waals surface area contributed by atoms with E-state index in [4.69, 9.17) is 0 Å². The van der Waals surface area contributed by atoms with E-state index < -0.39 is 5.97 Å². The molecule has 3 rings (SSSR count). The van der Waals surface area contributed by atoms with Gasteiger partial charge < -0.3 is 5.11 Å². The van der Waals surface area contributed by atoms with E-state index in [2.05, 4.69) is 22.0 Å². The van der Waals surface area contributed by atoms with Crippen LogP contribution in [0.2, 0.25) is 0 Å². The number of aromatic carboxylic acids is 1. The normalized spacial score (nSPS) is 10.8. The minimum absolute atomic E-state index is 0.0668. The maximum Gasteiger partial charge on any atom is 0.337 e. The summed E-state index contributed by atoms with van der Waals surface area (Å²) in [7, 11) is 0. The predicted octanol–water partition coefficient (Wildman–Crippen LogP) is 3.63. The number of pyridine rings is 1. The molecule has 0 aliphatic carbocycles. The number of hydrogen-bond donors (Lipinski definition) is 1. The van der Waals surface area contributed by atoms with Crippen LogP contribution in [0.4, 0.5) is 0 Å². The number of nitrogens with zero attached hydrogens (tertiary/aromatic N) is 4. The summed E-state index contributed by atoms with van der Waals surface area (Å²) in [4.78, 5) is 31.9. The first-order chi connectivity index (χ1) is 13.5. The Labute approximate surface area is 163 Å². The van der Waals surface area contributed by atoms with Gasteiger partial charge in [-0.2, -0.15) is 0 Å². The Bertz CT molecular complexity index is 993. The summed E-state index contributed by atoms with van der Waals surface area (Å²) in [6.45, 7) is 4.35. The number of carboxylic acids is 1. The minimum Gasteiger partial charge on any atom is -0.478 e. The molecule has 28 heavy (non-hydrogen) atoms. The second kappa shape index (κ2) is 8.56. The summed E-state index contributed by atoms with van der Waals surface area (Å²) in [5, 5.41) is 13.7. The van der Waals surface area contributed by atoms with Gasteiger partial charge in [0.15, 0.2) is 0 Å². The summed E-state index contributed by atoms with van der Waals surface area (Å²) < 4.78 is 1.77. The van der Waals surface area contributed by atoms with Crippen molar-refractivity contribution in [3.63, 3.8) is 0 Å². The molecule has 2 aromatic heterocycles. The van der Waals surface area contributed by atoms with E-state index in [0.29, 0.717) is 18.7 Å². The van der Waals surface area contributed by atoms with E-state index in [1.54, 1.807) is 23.9 Å². The number of rotatable bonds is 8. The predicted molar refractivity (Wildman–Crippen MR) is 104 cm³/mol. The molecule has 0 atom stereocenters. The second-order valence-corrected chi connectivity index (χ2v) is 6.44. The lowest BCUT2D eigenvalue weighted by Gasteiger charge is -2.08. The average molecular weight is 378 g/mol. The van der Waals surface area contributed by atoms with Crippen molar-refractivity contribution in [2.45, 2.75) is 39.7 Å². The van der Waals surface area contributed by atoms with E-state index in [1.165, 1.54) is 6.07 Å². The first kappa shape index (κ1) is 19.4. The van der Waals surface area contributed by atoms with E-state index in [-0.39, 0.29) is 17.2 Å². The van der Waals surface area contributed by atoms with Gasteiger partial charge in [0.2, 0.25) is 11.6 Å². The second-order valence-electron chi connectivity index (χ2n) is 6.44. The van der Waals surface area contributed by atoms with E-state index in [1.807, 2.05) is 24.3 Å². The lowest BCUT2D eigenvalue weighted by molar-refractivity contribution is 0.0697. The zero-order valence-electron chi connectivity index (χ0n) is 15.9. The third-order valence-corrected chi connectivity index (χ3v) is 4.39.